The third-order valence-electron chi connectivity index (χ3n) is 12.1. The van der Waals surface area contributed by atoms with Crippen molar-refractivity contribution in [3.63, 3.8) is 0 Å². The number of hydrogen-bond acceptors (Lipinski definition) is 0. The van der Waals surface area contributed by atoms with E-state index >= 15 is 0 Å². The van der Waals surface area contributed by atoms with E-state index in [9.17, 15) is 0 Å². The van der Waals surface area contributed by atoms with Crippen molar-refractivity contribution in [1.82, 2.24) is 0 Å². The van der Waals surface area contributed by atoms with E-state index in [2.05, 4.69) is 204 Å². The van der Waals surface area contributed by atoms with Crippen molar-refractivity contribution in [2.45, 2.75) is 171 Å². The second-order valence-electron chi connectivity index (χ2n) is 22.1. The van der Waals surface area contributed by atoms with Gasteiger partial charge in [0, 0.05) is 9.52 Å². The third kappa shape index (κ3) is 15.9. The summed E-state index contributed by atoms with van der Waals surface area (Å²) in [5, 5.41) is 12.2. The van der Waals surface area contributed by atoms with Crippen LogP contribution in [0.3, 0.4) is 0 Å². The van der Waals surface area contributed by atoms with Gasteiger partial charge in [0.25, 0.3) is 0 Å². The molecule has 6 aromatic carbocycles. The van der Waals surface area contributed by atoms with Gasteiger partial charge in [-0.25, -0.2) is 0 Å². The molecular weight excluding hydrogens is 975 g/mol. The first-order chi connectivity index (χ1) is 29.9. The maximum atomic E-state index is 4.93. The second-order valence-corrected chi connectivity index (χ2v) is 47.1. The Morgan fingerprint density at radius 3 is 0.938 bits per heavy atom. The van der Waals surface area contributed by atoms with Crippen LogP contribution in [0.15, 0.2) is 84.9 Å². The standard InChI is InChI=1S/2C27H39Si2.C2H6Si.2ClH.Zr/c2*1-9-11-20-15-22-14-13-21(12-10-2)27(26(22)16-20)23-17-24(28(3,4)5)19-25(18-23)29(6,7)8;1-3-2;;;/h2*13-19H,9-12H2,1-8H3;1-2H3;2*1H;/q2*-1;;;;+4/p-2. The van der Waals surface area contributed by atoms with Crippen molar-refractivity contribution < 1.29 is 20.8 Å². The predicted octanol–water partition coefficient (Wildman–Crippen LogP) is 16.6. The van der Waals surface area contributed by atoms with Gasteiger partial charge in [0.05, 0.1) is 32.3 Å². The molecule has 346 valence electrons. The minimum atomic E-state index is -1.40. The molecule has 0 bridgehead atoms. The molecule has 0 heterocycles. The zero-order valence-corrected chi connectivity index (χ0v) is 52.5. The van der Waals surface area contributed by atoms with Gasteiger partial charge >= 0.3 is 37.9 Å². The summed E-state index contributed by atoms with van der Waals surface area (Å²) in [6.45, 7) is 43.2. The first-order valence-corrected chi connectivity index (χ1v) is 46.5. The van der Waals surface area contributed by atoms with E-state index in [1.54, 1.807) is 20.7 Å². The van der Waals surface area contributed by atoms with Gasteiger partial charge in [-0.15, -0.1) is 69.1 Å². The first-order valence-electron chi connectivity index (χ1n) is 24.2. The summed E-state index contributed by atoms with van der Waals surface area (Å²) < 4.78 is 0. The van der Waals surface area contributed by atoms with E-state index in [0.717, 1.165) is 22.4 Å². The van der Waals surface area contributed by atoms with Crippen LogP contribution in [0.25, 0.3) is 43.8 Å². The van der Waals surface area contributed by atoms with Crippen LogP contribution in [0.1, 0.15) is 75.6 Å². The molecule has 0 aliphatic heterocycles. The average molecular weight is 1060 g/mol. The molecule has 0 aliphatic rings. The quantitative estimate of drug-likeness (QED) is 0.0753. The van der Waals surface area contributed by atoms with Crippen LogP contribution in [0, 0.1) is 0 Å². The second kappa shape index (κ2) is 25.3. The average Bonchev–Trinajstić information content (AvgIpc) is 3.81. The molecular formula is C56H84Cl2Si5Zr. The molecule has 0 aliphatic carbocycles. The topological polar surface area (TPSA) is 0 Å². The molecule has 2 radical (unpaired) electrons. The summed E-state index contributed by atoms with van der Waals surface area (Å²) in [5.74, 6) is 0. The molecule has 6 rings (SSSR count). The van der Waals surface area contributed by atoms with Crippen molar-refractivity contribution in [2.75, 3.05) is 0 Å². The van der Waals surface area contributed by atoms with Crippen LogP contribution in [-0.4, -0.2) is 41.8 Å². The van der Waals surface area contributed by atoms with Gasteiger partial charge in [-0.3, -0.25) is 0 Å². The number of halogens is 2. The molecule has 0 amide bonds. The Morgan fingerprint density at radius 2 is 0.703 bits per heavy atom. The molecule has 0 N–H and O–H groups in total. The Labute approximate surface area is 418 Å². The van der Waals surface area contributed by atoms with Crippen LogP contribution in [0.5, 0.6) is 0 Å². The van der Waals surface area contributed by atoms with Gasteiger partial charge in [-0.05, 0) is 36.8 Å². The van der Waals surface area contributed by atoms with E-state index in [1.807, 2.05) is 0 Å². The summed E-state index contributed by atoms with van der Waals surface area (Å²) >= 11 is -0.826. The van der Waals surface area contributed by atoms with Gasteiger partial charge in [0.1, 0.15) is 0 Å². The summed E-state index contributed by atoms with van der Waals surface area (Å²) in [4.78, 5) is 0. The van der Waals surface area contributed by atoms with Crippen molar-refractivity contribution in [1.29, 1.82) is 0 Å². The SMILES string of the molecule is CCCc1cc2c(-c3cc([Si](C)(C)C)cc([Si](C)(C)C)c3)c(CCC)ccc2[cH-]1.CCCc1cc2c(-c3cc([Si](C)(C)C)cc([Si](C)(C)C)c3)c(CCC)ccc2[cH-]1.C[Si]C.[Cl][Zr+2][Cl]. The van der Waals surface area contributed by atoms with E-state index in [1.165, 1.54) is 105 Å². The molecule has 0 atom stereocenters. The molecule has 0 aromatic heterocycles. The third-order valence-corrected chi connectivity index (χ3v) is 20.2. The molecule has 0 unspecified atom stereocenters. The van der Waals surface area contributed by atoms with E-state index in [0.29, 0.717) is 0 Å². The molecule has 0 saturated carbocycles. The number of aryl methyl sites for hydroxylation is 4. The fourth-order valence-corrected chi connectivity index (χ4v) is 13.6. The van der Waals surface area contributed by atoms with Crippen LogP contribution >= 0.6 is 17.0 Å². The molecule has 0 nitrogen and oxygen atoms in total. The molecule has 0 fully saturated rings. The Balaban J connectivity index is 0.000000303. The molecule has 0 saturated heterocycles. The fourth-order valence-electron chi connectivity index (χ4n) is 8.56. The van der Waals surface area contributed by atoms with E-state index < -0.39 is 53.1 Å². The molecule has 64 heavy (non-hydrogen) atoms. The van der Waals surface area contributed by atoms with Crippen LogP contribution in [0.4, 0.5) is 0 Å². The van der Waals surface area contributed by atoms with Gasteiger partial charge in [-0.1, -0.05) is 224 Å². The van der Waals surface area contributed by atoms with Gasteiger partial charge in [0.15, 0.2) is 0 Å². The Morgan fingerprint density at radius 1 is 0.438 bits per heavy atom. The van der Waals surface area contributed by atoms with E-state index in [4.69, 9.17) is 17.0 Å². The minimum absolute atomic E-state index is 0.826. The van der Waals surface area contributed by atoms with Crippen molar-refractivity contribution in [3.8, 4) is 22.3 Å². The monoisotopic (exact) mass is 1060 g/mol. The number of fused-ring (bicyclic) bond motifs is 2. The van der Waals surface area contributed by atoms with Crippen molar-refractivity contribution in [3.05, 3.63) is 107 Å². The van der Waals surface area contributed by atoms with Crippen LogP contribution < -0.4 is 20.7 Å². The van der Waals surface area contributed by atoms with Crippen molar-refractivity contribution >= 4 is 101 Å². The Kier molecular flexibility index (Phi) is 22.5. The number of hydrogen-bond donors (Lipinski definition) is 0. The van der Waals surface area contributed by atoms with Crippen LogP contribution in [0.2, 0.25) is 91.7 Å². The van der Waals surface area contributed by atoms with Crippen molar-refractivity contribution in [2.24, 2.45) is 0 Å². The number of benzene rings is 4. The Bertz CT molecular complexity index is 2150. The normalized spacial score (nSPS) is 11.9. The molecule has 8 heteroatoms. The maximum absolute atomic E-state index is 4.93. The van der Waals surface area contributed by atoms with Gasteiger partial charge in [-0.2, -0.15) is 12.1 Å². The summed E-state index contributed by atoms with van der Waals surface area (Å²) in [6, 6.07) is 34.5. The Hall–Kier alpha value is -1.35. The summed E-state index contributed by atoms with van der Waals surface area (Å²) in [6.07, 6.45) is 9.44. The number of rotatable bonds is 14. The summed E-state index contributed by atoms with van der Waals surface area (Å²) in [5.41, 5.74) is 12.0. The molecule has 0 spiro atoms. The first kappa shape index (κ1) is 57.0. The fraction of sp³-hybridized carbons (Fsp3) is 0.464. The zero-order valence-electron chi connectivity index (χ0n) is 43.5. The van der Waals surface area contributed by atoms with Gasteiger partial charge in [0.2, 0.25) is 0 Å². The molecule has 6 aromatic rings. The van der Waals surface area contributed by atoms with Crippen LogP contribution in [-0.2, 0) is 46.5 Å². The summed E-state index contributed by atoms with van der Waals surface area (Å²) in [7, 11) is 5.37. The van der Waals surface area contributed by atoms with E-state index in [-0.39, 0.29) is 0 Å². The van der Waals surface area contributed by atoms with Gasteiger partial charge < -0.3 is 0 Å². The zero-order chi connectivity index (χ0) is 48.2. The predicted molar refractivity (Wildman–Crippen MR) is 307 cm³/mol.